The minimum atomic E-state index is -0.486. The molecule has 0 amide bonds. The van der Waals surface area contributed by atoms with E-state index >= 15 is 0 Å². The van der Waals surface area contributed by atoms with Crippen LogP contribution in [0.4, 0.5) is 0 Å². The predicted molar refractivity (Wildman–Crippen MR) is 118 cm³/mol. The summed E-state index contributed by atoms with van der Waals surface area (Å²) in [6, 6.07) is 2.15. The topological polar surface area (TPSA) is 89.8 Å². The number of aromatic nitrogens is 2. The predicted octanol–water partition coefficient (Wildman–Crippen LogP) is 4.80. The highest BCUT2D eigenvalue weighted by molar-refractivity contribution is 5.84. The van der Waals surface area contributed by atoms with Crippen LogP contribution in [0.1, 0.15) is 89.8 Å². The van der Waals surface area contributed by atoms with Gasteiger partial charge in [0.05, 0.1) is 23.1 Å². The van der Waals surface area contributed by atoms with Crippen molar-refractivity contribution in [3.05, 3.63) is 17.5 Å². The molecular formula is C26H37N3O2. The number of ketones is 1. The molecule has 0 aliphatic heterocycles. The summed E-state index contributed by atoms with van der Waals surface area (Å²) in [5.41, 5.74) is 1.13. The van der Waals surface area contributed by atoms with E-state index in [4.69, 9.17) is 0 Å². The molecule has 4 fully saturated rings. The lowest BCUT2D eigenvalue weighted by atomic mass is 9.44. The lowest BCUT2D eigenvalue weighted by molar-refractivity contribution is -0.150. The molecule has 31 heavy (non-hydrogen) atoms. The van der Waals surface area contributed by atoms with Gasteiger partial charge in [-0.25, -0.2) is 0 Å². The molecule has 5 heteroatoms. The van der Waals surface area contributed by atoms with Crippen LogP contribution < -0.4 is 0 Å². The molecule has 0 bridgehead atoms. The maximum absolute atomic E-state index is 13.4. The smallest absolute Gasteiger partial charge is 0.142 e. The summed E-state index contributed by atoms with van der Waals surface area (Å²) < 4.78 is 0. The number of carbonyl (C=O) groups excluding carboxylic acids is 1. The minimum absolute atomic E-state index is 0.0917. The Morgan fingerprint density at radius 3 is 2.68 bits per heavy atom. The van der Waals surface area contributed by atoms with Crippen LogP contribution >= 0.6 is 0 Å². The van der Waals surface area contributed by atoms with Crippen molar-refractivity contribution in [3.8, 4) is 6.07 Å². The van der Waals surface area contributed by atoms with Gasteiger partial charge >= 0.3 is 0 Å². The van der Waals surface area contributed by atoms with Crippen LogP contribution in [-0.4, -0.2) is 26.7 Å². The van der Waals surface area contributed by atoms with Crippen LogP contribution in [0.15, 0.2) is 6.20 Å². The van der Waals surface area contributed by atoms with Crippen LogP contribution in [0, 0.1) is 51.8 Å². The summed E-state index contributed by atoms with van der Waals surface area (Å²) >= 11 is 0. The zero-order valence-corrected chi connectivity index (χ0v) is 19.3. The monoisotopic (exact) mass is 423 g/mol. The average molecular weight is 424 g/mol. The molecule has 0 aromatic carbocycles. The fourth-order valence-electron chi connectivity index (χ4n) is 8.80. The number of aromatic amines is 1. The molecule has 1 heterocycles. The molecule has 4 aliphatic carbocycles. The Morgan fingerprint density at radius 2 is 1.90 bits per heavy atom. The van der Waals surface area contributed by atoms with Gasteiger partial charge in [0, 0.05) is 12.3 Å². The summed E-state index contributed by atoms with van der Waals surface area (Å²) in [6.45, 7) is 6.94. The molecule has 168 valence electrons. The van der Waals surface area contributed by atoms with Gasteiger partial charge in [-0.1, -0.05) is 13.8 Å². The number of rotatable bonds is 3. The number of nitrogens with zero attached hydrogens (tertiary/aromatic N) is 2. The maximum Gasteiger partial charge on any atom is 0.142 e. The fourth-order valence-corrected chi connectivity index (χ4v) is 8.80. The van der Waals surface area contributed by atoms with Crippen LogP contribution in [0.3, 0.4) is 0 Å². The molecule has 4 aliphatic rings. The van der Waals surface area contributed by atoms with E-state index in [2.05, 4.69) is 30.1 Å². The molecule has 2 N–H and O–H groups in total. The van der Waals surface area contributed by atoms with Gasteiger partial charge in [0.2, 0.25) is 0 Å². The number of hydrogen-bond acceptors (Lipinski definition) is 4. The van der Waals surface area contributed by atoms with Gasteiger partial charge in [0.25, 0.3) is 0 Å². The third-order valence-corrected chi connectivity index (χ3v) is 10.5. The van der Waals surface area contributed by atoms with Crippen LogP contribution in [0.2, 0.25) is 0 Å². The van der Waals surface area contributed by atoms with Gasteiger partial charge < -0.3 is 5.11 Å². The summed E-state index contributed by atoms with van der Waals surface area (Å²) in [7, 11) is 0. The molecule has 4 saturated carbocycles. The Bertz CT molecular complexity index is 914. The van der Waals surface area contributed by atoms with Crippen molar-refractivity contribution in [3.63, 3.8) is 0 Å². The summed E-state index contributed by atoms with van der Waals surface area (Å²) in [5.74, 6) is 3.14. The highest BCUT2D eigenvalue weighted by Crippen LogP contribution is 2.68. The maximum atomic E-state index is 13.4. The van der Waals surface area contributed by atoms with E-state index in [1.54, 1.807) is 0 Å². The molecular weight excluding hydrogens is 386 g/mol. The molecule has 0 spiro atoms. The fraction of sp³-hybridized carbons (Fsp3) is 0.808. The third kappa shape index (κ3) is 3.20. The van der Waals surface area contributed by atoms with Crippen LogP contribution in [0.25, 0.3) is 0 Å². The lowest BCUT2D eigenvalue weighted by Crippen LogP contribution is -2.55. The first-order valence-corrected chi connectivity index (χ1v) is 12.4. The Morgan fingerprint density at radius 1 is 1.13 bits per heavy atom. The van der Waals surface area contributed by atoms with Crippen molar-refractivity contribution in [1.29, 1.82) is 5.26 Å². The van der Waals surface area contributed by atoms with Gasteiger partial charge in [0.1, 0.15) is 11.9 Å². The SMILES string of the molecule is C[C@@]1(O)CC[C@@]2(C)[C@H](CC[C@@H]3[C@@H]2CC[C@]2(C)[C@@H](C(=O)Cc4[nH]ncc4C#N)CC[C@@H]32)C1. The Hall–Kier alpha value is -1.67. The first-order chi connectivity index (χ1) is 14.7. The highest BCUT2D eigenvalue weighted by Gasteiger charge is 2.61. The van der Waals surface area contributed by atoms with E-state index < -0.39 is 5.60 Å². The number of aliphatic hydroxyl groups is 1. The minimum Gasteiger partial charge on any atom is -0.390 e. The number of hydrogen-bond donors (Lipinski definition) is 2. The summed E-state index contributed by atoms with van der Waals surface area (Å²) in [6.07, 6.45) is 11.9. The standard InChI is InChI=1S/C26H37N3O2/c1-24(31)10-11-25(2)17(13-24)4-5-18-19-6-7-21(26(19,3)9-8-20(18)25)23(30)12-22-16(14-27)15-28-29-22/h15,17-21,31H,4-13H2,1-3H3,(H,28,29)/t17-,18+,19+,20+,21-,24-,25+,26+/m1/s1. The van der Waals surface area contributed by atoms with Gasteiger partial charge in [-0.15, -0.1) is 0 Å². The van der Waals surface area contributed by atoms with E-state index in [1.165, 1.54) is 31.9 Å². The second-order valence-corrected chi connectivity index (χ2v) is 12.0. The Kier molecular flexibility index (Phi) is 4.90. The number of nitriles is 1. The lowest BCUT2D eigenvalue weighted by Gasteiger charge is -2.61. The van der Waals surface area contributed by atoms with Gasteiger partial charge in [-0.05, 0) is 99.2 Å². The molecule has 0 saturated heterocycles. The summed E-state index contributed by atoms with van der Waals surface area (Å²) in [5, 5.41) is 26.8. The normalized spacial score (nSPS) is 46.5. The van der Waals surface area contributed by atoms with Crippen LogP contribution in [-0.2, 0) is 11.2 Å². The van der Waals surface area contributed by atoms with Gasteiger partial charge in [0.15, 0.2) is 0 Å². The van der Waals surface area contributed by atoms with Gasteiger partial charge in [-0.3, -0.25) is 9.89 Å². The van der Waals surface area contributed by atoms with E-state index in [9.17, 15) is 15.2 Å². The number of fused-ring (bicyclic) bond motifs is 5. The first-order valence-electron chi connectivity index (χ1n) is 12.4. The van der Waals surface area contributed by atoms with Crippen molar-refractivity contribution < 1.29 is 9.90 Å². The zero-order chi connectivity index (χ0) is 22.0. The molecule has 0 radical (unpaired) electrons. The quantitative estimate of drug-likeness (QED) is 0.730. The van der Waals surface area contributed by atoms with Crippen molar-refractivity contribution in [2.75, 3.05) is 0 Å². The molecule has 1 aromatic rings. The molecule has 5 nitrogen and oxygen atoms in total. The summed E-state index contributed by atoms with van der Waals surface area (Å²) in [4.78, 5) is 13.4. The highest BCUT2D eigenvalue weighted by atomic mass is 16.3. The average Bonchev–Trinajstić information content (AvgIpc) is 3.31. The van der Waals surface area contributed by atoms with Crippen molar-refractivity contribution >= 4 is 5.78 Å². The number of nitrogens with one attached hydrogen (secondary N) is 1. The molecule has 0 unspecified atom stereocenters. The first kappa shape index (κ1) is 21.2. The van der Waals surface area contributed by atoms with E-state index in [-0.39, 0.29) is 17.1 Å². The number of carbonyl (C=O) groups is 1. The van der Waals surface area contributed by atoms with Gasteiger partial charge in [-0.2, -0.15) is 10.4 Å². The van der Waals surface area contributed by atoms with E-state index in [1.807, 2.05) is 6.92 Å². The zero-order valence-electron chi connectivity index (χ0n) is 19.3. The second kappa shape index (κ2) is 7.17. The van der Waals surface area contributed by atoms with Crippen molar-refractivity contribution in [2.45, 2.75) is 90.6 Å². The Labute approximate surface area is 186 Å². The van der Waals surface area contributed by atoms with Crippen LogP contribution in [0.5, 0.6) is 0 Å². The van der Waals surface area contributed by atoms with Crippen molar-refractivity contribution in [2.24, 2.45) is 40.4 Å². The Balaban J connectivity index is 1.35. The number of Topliss-reactive ketones (excluding diaryl/α,β-unsaturated/α-hetero) is 1. The van der Waals surface area contributed by atoms with E-state index in [0.29, 0.717) is 34.9 Å². The third-order valence-electron chi connectivity index (χ3n) is 10.5. The van der Waals surface area contributed by atoms with E-state index in [0.717, 1.165) is 43.9 Å². The second-order valence-electron chi connectivity index (χ2n) is 12.0. The molecule has 5 rings (SSSR count). The number of H-pyrrole nitrogens is 1. The molecule has 1 aromatic heterocycles. The largest absolute Gasteiger partial charge is 0.390 e. The molecule has 8 atom stereocenters. The van der Waals surface area contributed by atoms with Crippen molar-refractivity contribution in [1.82, 2.24) is 10.2 Å².